The van der Waals surface area contributed by atoms with Gasteiger partial charge in [0.2, 0.25) is 0 Å². The Morgan fingerprint density at radius 1 is 1.58 bits per heavy atom. The third kappa shape index (κ3) is 4.96. The Labute approximate surface area is 119 Å². The number of hydrogen-bond donors (Lipinski definition) is 1. The maximum atomic E-state index is 9.97. The number of aliphatic hydroxyl groups is 1. The van der Waals surface area contributed by atoms with Crippen molar-refractivity contribution in [3.8, 4) is 12.3 Å². The average Bonchev–Trinajstić information content (AvgIpc) is 3.13. The number of ether oxygens (including phenoxy) is 1. The highest BCUT2D eigenvalue weighted by molar-refractivity contribution is 7.11. The molecule has 0 saturated heterocycles. The summed E-state index contributed by atoms with van der Waals surface area (Å²) in [5.41, 5.74) is 0. The van der Waals surface area contributed by atoms with Crippen molar-refractivity contribution in [2.75, 3.05) is 19.8 Å². The largest absolute Gasteiger partial charge is 0.389 e. The second-order valence-corrected chi connectivity index (χ2v) is 6.42. The van der Waals surface area contributed by atoms with Gasteiger partial charge in [-0.2, -0.15) is 0 Å². The Bertz CT molecular complexity index is 434. The second-order valence-electron chi connectivity index (χ2n) is 5.05. The van der Waals surface area contributed by atoms with Gasteiger partial charge >= 0.3 is 0 Å². The maximum absolute atomic E-state index is 9.97. The van der Waals surface area contributed by atoms with Gasteiger partial charge in [-0.25, -0.2) is 0 Å². The fourth-order valence-corrected chi connectivity index (χ4v) is 3.05. The summed E-state index contributed by atoms with van der Waals surface area (Å²) in [4.78, 5) is 5.06. The molecule has 1 aromatic rings. The van der Waals surface area contributed by atoms with Crippen LogP contribution in [0.3, 0.4) is 0 Å². The molecule has 0 bridgehead atoms. The van der Waals surface area contributed by atoms with Crippen molar-refractivity contribution < 1.29 is 9.84 Å². The lowest BCUT2D eigenvalue weighted by molar-refractivity contribution is 0.0244. The van der Waals surface area contributed by atoms with Crippen molar-refractivity contribution >= 4 is 11.3 Å². The van der Waals surface area contributed by atoms with Gasteiger partial charge in [0.15, 0.2) is 0 Å². The van der Waals surface area contributed by atoms with Gasteiger partial charge in [0.1, 0.15) is 6.61 Å². The van der Waals surface area contributed by atoms with E-state index in [1.54, 1.807) is 0 Å². The van der Waals surface area contributed by atoms with Crippen molar-refractivity contribution in [3.05, 3.63) is 21.9 Å². The first-order valence-corrected chi connectivity index (χ1v) is 7.49. The lowest BCUT2D eigenvalue weighted by Gasteiger charge is -2.24. The van der Waals surface area contributed by atoms with Gasteiger partial charge in [0.05, 0.1) is 12.7 Å². The second kappa shape index (κ2) is 7.06. The fraction of sp³-hybridized carbons (Fsp3) is 0.600. The van der Waals surface area contributed by atoms with E-state index >= 15 is 0 Å². The van der Waals surface area contributed by atoms with Gasteiger partial charge in [-0.05, 0) is 31.9 Å². The van der Waals surface area contributed by atoms with E-state index in [4.69, 9.17) is 11.2 Å². The van der Waals surface area contributed by atoms with E-state index < -0.39 is 6.10 Å². The highest BCUT2D eigenvalue weighted by Crippen LogP contribution is 2.29. The molecule has 0 unspecified atom stereocenters. The first-order chi connectivity index (χ1) is 9.19. The first-order valence-electron chi connectivity index (χ1n) is 6.67. The number of terminal acetylenes is 1. The normalized spacial score (nSPS) is 16.5. The Morgan fingerprint density at radius 2 is 2.37 bits per heavy atom. The zero-order valence-electron chi connectivity index (χ0n) is 11.3. The lowest BCUT2D eigenvalue weighted by atomic mass is 10.3. The summed E-state index contributed by atoms with van der Waals surface area (Å²) in [6.07, 6.45) is 7.13. The standard InChI is InChI=1S/C15H21NO2S/c1-3-8-18-11-14(17)9-16(13-5-6-13)10-15-7-4-12(2)19-15/h1,4,7,13-14,17H,5-6,8-11H2,2H3/t14-/m0/s1. The fourth-order valence-electron chi connectivity index (χ4n) is 2.13. The molecule has 0 aliphatic heterocycles. The van der Waals surface area contributed by atoms with Crippen LogP contribution in [-0.4, -0.2) is 41.9 Å². The van der Waals surface area contributed by atoms with Crippen LogP contribution in [-0.2, 0) is 11.3 Å². The van der Waals surface area contributed by atoms with Crippen LogP contribution in [0.2, 0.25) is 0 Å². The molecule has 1 aromatic heterocycles. The Balaban J connectivity index is 1.81. The number of aliphatic hydroxyl groups excluding tert-OH is 1. The topological polar surface area (TPSA) is 32.7 Å². The van der Waals surface area contributed by atoms with Gasteiger partial charge in [0, 0.05) is 28.9 Å². The molecular formula is C15H21NO2S. The van der Waals surface area contributed by atoms with Crippen LogP contribution in [0.1, 0.15) is 22.6 Å². The summed E-state index contributed by atoms with van der Waals surface area (Å²) in [7, 11) is 0. The predicted molar refractivity (Wildman–Crippen MR) is 78.1 cm³/mol. The molecule has 0 aromatic carbocycles. The Morgan fingerprint density at radius 3 is 2.95 bits per heavy atom. The SMILES string of the molecule is C#CCOC[C@@H](O)CN(Cc1ccc(C)s1)C1CC1. The van der Waals surface area contributed by atoms with Crippen molar-refractivity contribution in [1.29, 1.82) is 0 Å². The van der Waals surface area contributed by atoms with Crippen molar-refractivity contribution in [2.45, 2.75) is 38.5 Å². The van der Waals surface area contributed by atoms with E-state index in [2.05, 4.69) is 29.9 Å². The molecule has 3 nitrogen and oxygen atoms in total. The maximum Gasteiger partial charge on any atom is 0.107 e. The van der Waals surface area contributed by atoms with Crippen molar-refractivity contribution in [3.63, 3.8) is 0 Å². The molecule has 4 heteroatoms. The monoisotopic (exact) mass is 279 g/mol. The van der Waals surface area contributed by atoms with Crippen molar-refractivity contribution in [1.82, 2.24) is 4.90 Å². The minimum atomic E-state index is -0.463. The third-order valence-corrected chi connectivity index (χ3v) is 4.14. The Hall–Kier alpha value is -0.860. The van der Waals surface area contributed by atoms with Crippen LogP contribution in [0.5, 0.6) is 0 Å². The van der Waals surface area contributed by atoms with Crippen LogP contribution in [0, 0.1) is 19.3 Å². The number of rotatable bonds is 8. The number of aryl methyl sites for hydroxylation is 1. The first kappa shape index (κ1) is 14.5. The molecule has 1 aliphatic carbocycles. The predicted octanol–water partition coefficient (Wildman–Crippen LogP) is 2.03. The molecule has 0 spiro atoms. The van der Waals surface area contributed by atoms with Crippen LogP contribution in [0.25, 0.3) is 0 Å². The summed E-state index contributed by atoms with van der Waals surface area (Å²) in [6, 6.07) is 4.96. The zero-order valence-corrected chi connectivity index (χ0v) is 12.2. The number of thiophene rings is 1. The molecule has 1 N–H and O–H groups in total. The van der Waals surface area contributed by atoms with Gasteiger partial charge < -0.3 is 9.84 Å². The van der Waals surface area contributed by atoms with Crippen LogP contribution < -0.4 is 0 Å². The van der Waals surface area contributed by atoms with E-state index in [-0.39, 0.29) is 6.61 Å². The molecule has 1 saturated carbocycles. The molecule has 104 valence electrons. The summed E-state index contributed by atoms with van der Waals surface area (Å²) in [5, 5.41) is 9.97. The third-order valence-electron chi connectivity index (χ3n) is 3.16. The smallest absolute Gasteiger partial charge is 0.107 e. The van der Waals surface area contributed by atoms with Crippen LogP contribution in [0.15, 0.2) is 12.1 Å². The zero-order chi connectivity index (χ0) is 13.7. The van der Waals surface area contributed by atoms with Crippen molar-refractivity contribution in [2.24, 2.45) is 0 Å². The number of nitrogens with zero attached hydrogens (tertiary/aromatic N) is 1. The molecule has 1 atom stereocenters. The van der Waals surface area contributed by atoms with Crippen LogP contribution in [0.4, 0.5) is 0 Å². The van der Waals surface area contributed by atoms with Crippen LogP contribution >= 0.6 is 11.3 Å². The molecule has 2 rings (SSSR count). The van der Waals surface area contributed by atoms with E-state index in [9.17, 15) is 5.11 Å². The van der Waals surface area contributed by atoms with Gasteiger partial charge in [-0.15, -0.1) is 17.8 Å². The highest BCUT2D eigenvalue weighted by Gasteiger charge is 2.30. The summed E-state index contributed by atoms with van der Waals surface area (Å²) < 4.78 is 5.19. The molecule has 19 heavy (non-hydrogen) atoms. The molecule has 0 radical (unpaired) electrons. The van der Waals surface area contributed by atoms with E-state index in [0.717, 1.165) is 6.54 Å². The summed E-state index contributed by atoms with van der Waals surface area (Å²) in [6.45, 7) is 4.29. The summed E-state index contributed by atoms with van der Waals surface area (Å²) >= 11 is 1.83. The van der Waals surface area contributed by atoms with E-state index in [1.807, 2.05) is 11.3 Å². The quantitative estimate of drug-likeness (QED) is 0.584. The van der Waals surface area contributed by atoms with Gasteiger partial charge in [0.25, 0.3) is 0 Å². The minimum Gasteiger partial charge on any atom is -0.389 e. The molecular weight excluding hydrogens is 258 g/mol. The number of hydrogen-bond acceptors (Lipinski definition) is 4. The molecule has 0 amide bonds. The average molecular weight is 279 g/mol. The van der Waals surface area contributed by atoms with E-state index in [1.165, 1.54) is 22.6 Å². The minimum absolute atomic E-state index is 0.268. The molecule has 1 fully saturated rings. The molecule has 1 aliphatic rings. The van der Waals surface area contributed by atoms with Gasteiger partial charge in [-0.3, -0.25) is 4.90 Å². The highest BCUT2D eigenvalue weighted by atomic mass is 32.1. The summed E-state index contributed by atoms with van der Waals surface area (Å²) in [5.74, 6) is 2.41. The van der Waals surface area contributed by atoms with E-state index in [0.29, 0.717) is 19.2 Å². The van der Waals surface area contributed by atoms with Gasteiger partial charge in [-0.1, -0.05) is 5.92 Å². The molecule has 1 heterocycles. The Kier molecular flexibility index (Phi) is 5.41. The lowest BCUT2D eigenvalue weighted by Crippen LogP contribution is -2.36.